The fourth-order valence-electron chi connectivity index (χ4n) is 3.66. The maximum Gasteiger partial charge on any atom is 0.433 e. The van der Waals surface area contributed by atoms with Crippen LogP contribution in [0, 0.1) is 0 Å². The second-order valence-electron chi connectivity index (χ2n) is 7.96. The lowest BCUT2D eigenvalue weighted by Gasteiger charge is -2.10. The topological polar surface area (TPSA) is 121 Å². The first kappa shape index (κ1) is 26.8. The molecule has 4 heterocycles. The number of carbonyl (C=O) groups excluding carboxylic acids is 2. The van der Waals surface area contributed by atoms with Gasteiger partial charge in [0.25, 0.3) is 11.8 Å². The minimum Gasteiger partial charge on any atom is -0.484 e. The Morgan fingerprint density at radius 3 is 2.64 bits per heavy atom. The Bertz CT molecular complexity index is 1720. The Balaban J connectivity index is 1.48. The Morgan fingerprint density at radius 1 is 1.18 bits per heavy atom. The van der Waals surface area contributed by atoms with Crippen molar-refractivity contribution in [3.8, 4) is 17.1 Å². The molecule has 5 aromatic rings. The highest BCUT2D eigenvalue weighted by atomic mass is 79.9. The van der Waals surface area contributed by atoms with E-state index in [1.165, 1.54) is 30.5 Å². The van der Waals surface area contributed by atoms with Gasteiger partial charge in [-0.1, -0.05) is 27.5 Å². The number of hydrogen-bond donors (Lipinski definition) is 2. The molecule has 0 aliphatic heterocycles. The standard InChI is InChI=1S/C25H14BrClF3N3O5S/c26-11-3-5-16(14(27)8-11)37-10-12-4-6-17(38-12)23(35)33-20-19-13(15-2-1-7-36-15)9-18(25(28,29)30)32-24(19)39-21(20)22(31)34/h1-9H,10H2,(H2,31,34)(H,33,35). The van der Waals surface area contributed by atoms with E-state index in [1.54, 1.807) is 18.2 Å². The predicted octanol–water partition coefficient (Wildman–Crippen LogP) is 7.51. The van der Waals surface area contributed by atoms with Crippen molar-refractivity contribution in [2.75, 3.05) is 5.32 Å². The molecule has 0 saturated carbocycles. The molecule has 39 heavy (non-hydrogen) atoms. The number of nitrogens with one attached hydrogen (secondary N) is 1. The molecule has 0 saturated heterocycles. The van der Waals surface area contributed by atoms with E-state index in [0.717, 1.165) is 10.5 Å². The fraction of sp³-hybridized carbons (Fsp3) is 0.0800. The molecular weight excluding hydrogens is 627 g/mol. The molecule has 5 rings (SSSR count). The maximum atomic E-state index is 13.6. The van der Waals surface area contributed by atoms with E-state index in [4.69, 9.17) is 30.9 Å². The van der Waals surface area contributed by atoms with E-state index in [-0.39, 0.29) is 50.2 Å². The Morgan fingerprint density at radius 2 is 1.97 bits per heavy atom. The average molecular weight is 641 g/mol. The van der Waals surface area contributed by atoms with Crippen LogP contribution in [0.1, 0.15) is 31.7 Å². The number of alkyl halides is 3. The molecule has 3 N–H and O–H groups in total. The van der Waals surface area contributed by atoms with Gasteiger partial charge in [0.2, 0.25) is 0 Å². The number of rotatable bonds is 7. The number of anilines is 1. The van der Waals surface area contributed by atoms with Gasteiger partial charge < -0.3 is 24.6 Å². The van der Waals surface area contributed by atoms with E-state index in [0.29, 0.717) is 22.1 Å². The number of benzene rings is 1. The summed E-state index contributed by atoms with van der Waals surface area (Å²) in [6.45, 7) is -0.0463. The highest BCUT2D eigenvalue weighted by molar-refractivity contribution is 9.10. The van der Waals surface area contributed by atoms with Crippen LogP contribution in [0.2, 0.25) is 5.02 Å². The Hall–Kier alpha value is -3.81. The number of pyridine rings is 1. The molecule has 0 radical (unpaired) electrons. The number of primary amides is 1. The smallest absolute Gasteiger partial charge is 0.433 e. The van der Waals surface area contributed by atoms with Crippen LogP contribution >= 0.6 is 38.9 Å². The van der Waals surface area contributed by atoms with Crippen molar-refractivity contribution < 1.29 is 36.3 Å². The molecule has 1 aromatic carbocycles. The van der Waals surface area contributed by atoms with Crippen LogP contribution in [0.3, 0.4) is 0 Å². The number of nitrogens with zero attached hydrogens (tertiary/aromatic N) is 1. The summed E-state index contributed by atoms with van der Waals surface area (Å²) in [5, 5.41) is 2.97. The van der Waals surface area contributed by atoms with Crippen molar-refractivity contribution in [1.29, 1.82) is 0 Å². The van der Waals surface area contributed by atoms with Crippen LogP contribution in [0.5, 0.6) is 5.75 Å². The summed E-state index contributed by atoms with van der Waals surface area (Å²) in [6, 6.07) is 11.7. The summed E-state index contributed by atoms with van der Waals surface area (Å²) in [4.78, 5) is 28.6. The third kappa shape index (κ3) is 5.51. The number of nitrogens with two attached hydrogens (primary N) is 1. The summed E-state index contributed by atoms with van der Waals surface area (Å²) in [6.07, 6.45) is -3.49. The highest BCUT2D eigenvalue weighted by Crippen LogP contribution is 2.44. The van der Waals surface area contributed by atoms with Crippen LogP contribution in [0.15, 0.2) is 68.1 Å². The molecule has 0 fully saturated rings. The van der Waals surface area contributed by atoms with Gasteiger partial charge >= 0.3 is 6.18 Å². The van der Waals surface area contributed by atoms with Gasteiger partial charge in [-0.2, -0.15) is 13.2 Å². The molecule has 2 amide bonds. The van der Waals surface area contributed by atoms with Crippen LogP contribution in [0.25, 0.3) is 21.5 Å². The molecular formula is C25H14BrClF3N3O5S. The molecule has 200 valence electrons. The van der Waals surface area contributed by atoms with Crippen molar-refractivity contribution >= 4 is 66.6 Å². The van der Waals surface area contributed by atoms with E-state index < -0.39 is 23.7 Å². The van der Waals surface area contributed by atoms with E-state index in [2.05, 4.69) is 26.2 Å². The molecule has 0 aliphatic rings. The van der Waals surface area contributed by atoms with Gasteiger partial charge in [-0.3, -0.25) is 9.59 Å². The quantitative estimate of drug-likeness (QED) is 0.190. The van der Waals surface area contributed by atoms with Gasteiger partial charge in [-0.15, -0.1) is 11.3 Å². The van der Waals surface area contributed by atoms with Crippen molar-refractivity contribution in [3.63, 3.8) is 0 Å². The first-order chi connectivity index (χ1) is 18.5. The number of carbonyl (C=O) groups is 2. The number of ether oxygens (including phenoxy) is 1. The fourth-order valence-corrected chi connectivity index (χ4v) is 5.39. The molecule has 0 unspecified atom stereocenters. The Labute approximate surface area is 234 Å². The molecule has 8 nitrogen and oxygen atoms in total. The van der Waals surface area contributed by atoms with E-state index in [9.17, 15) is 22.8 Å². The molecule has 0 bridgehead atoms. The van der Waals surface area contributed by atoms with Gasteiger partial charge in [-0.05, 0) is 48.5 Å². The average Bonchev–Trinajstić information content (AvgIpc) is 3.63. The van der Waals surface area contributed by atoms with Crippen molar-refractivity contribution in [3.05, 3.63) is 86.4 Å². The lowest BCUT2D eigenvalue weighted by Crippen LogP contribution is -2.16. The largest absolute Gasteiger partial charge is 0.484 e. The second-order valence-corrected chi connectivity index (χ2v) is 10.3. The van der Waals surface area contributed by atoms with Gasteiger partial charge in [0.05, 0.1) is 17.0 Å². The molecule has 4 aromatic heterocycles. The maximum absolute atomic E-state index is 13.6. The van der Waals surface area contributed by atoms with E-state index >= 15 is 0 Å². The number of amides is 2. The van der Waals surface area contributed by atoms with Crippen LogP contribution < -0.4 is 15.8 Å². The third-order valence-corrected chi connectivity index (χ3v) is 7.24. The number of aromatic nitrogens is 1. The zero-order valence-corrected chi connectivity index (χ0v) is 22.4. The lowest BCUT2D eigenvalue weighted by atomic mass is 10.1. The van der Waals surface area contributed by atoms with Crippen molar-refractivity contribution in [1.82, 2.24) is 4.98 Å². The van der Waals surface area contributed by atoms with Crippen molar-refractivity contribution in [2.24, 2.45) is 5.73 Å². The number of thiophene rings is 1. The van der Waals surface area contributed by atoms with Crippen LogP contribution in [-0.4, -0.2) is 16.8 Å². The summed E-state index contributed by atoms with van der Waals surface area (Å²) < 4.78 is 58.0. The number of fused-ring (bicyclic) bond motifs is 1. The zero-order valence-electron chi connectivity index (χ0n) is 19.3. The summed E-state index contributed by atoms with van der Waals surface area (Å²) in [5.74, 6) is -1.14. The number of furan rings is 2. The second kappa shape index (κ2) is 10.4. The van der Waals surface area contributed by atoms with Crippen LogP contribution in [-0.2, 0) is 12.8 Å². The molecule has 14 heteroatoms. The SMILES string of the molecule is NC(=O)c1sc2nc(C(F)(F)F)cc(-c3ccco3)c2c1NC(=O)c1ccc(COc2ccc(Br)cc2Cl)o1. The lowest BCUT2D eigenvalue weighted by molar-refractivity contribution is -0.140. The first-order valence-electron chi connectivity index (χ1n) is 10.9. The zero-order chi connectivity index (χ0) is 27.9. The minimum atomic E-state index is -4.77. The van der Waals surface area contributed by atoms with Crippen LogP contribution in [0.4, 0.5) is 18.9 Å². The first-order valence-corrected chi connectivity index (χ1v) is 12.9. The molecule has 0 spiro atoms. The van der Waals surface area contributed by atoms with Gasteiger partial charge in [0, 0.05) is 15.4 Å². The molecule has 0 atom stereocenters. The third-order valence-electron chi connectivity index (χ3n) is 5.35. The normalized spacial score (nSPS) is 11.6. The monoisotopic (exact) mass is 639 g/mol. The van der Waals surface area contributed by atoms with Gasteiger partial charge in [0.15, 0.2) is 5.76 Å². The number of hydrogen-bond acceptors (Lipinski definition) is 7. The Kier molecular flexibility index (Phi) is 7.14. The summed E-state index contributed by atoms with van der Waals surface area (Å²) >= 11 is 10.1. The van der Waals surface area contributed by atoms with E-state index in [1.807, 2.05) is 0 Å². The summed E-state index contributed by atoms with van der Waals surface area (Å²) in [5.41, 5.74) is 4.16. The molecule has 0 aliphatic carbocycles. The predicted molar refractivity (Wildman–Crippen MR) is 141 cm³/mol. The van der Waals surface area contributed by atoms with Gasteiger partial charge in [0.1, 0.15) is 39.3 Å². The van der Waals surface area contributed by atoms with Gasteiger partial charge in [-0.25, -0.2) is 4.98 Å². The minimum absolute atomic E-state index is 0.0312. The highest BCUT2D eigenvalue weighted by Gasteiger charge is 2.35. The summed E-state index contributed by atoms with van der Waals surface area (Å²) in [7, 11) is 0. The number of halogens is 5. The van der Waals surface area contributed by atoms with Crippen molar-refractivity contribution in [2.45, 2.75) is 12.8 Å².